The second-order valence-electron chi connectivity index (χ2n) is 5.18. The van der Waals surface area contributed by atoms with Crippen molar-refractivity contribution in [1.29, 1.82) is 0 Å². The van der Waals surface area contributed by atoms with Gasteiger partial charge in [0.2, 0.25) is 0 Å². The second-order valence-corrected chi connectivity index (χ2v) is 5.18. The Kier molecular flexibility index (Phi) is 3.55. The van der Waals surface area contributed by atoms with E-state index in [9.17, 15) is 9.59 Å². The molecule has 1 fully saturated rings. The van der Waals surface area contributed by atoms with Crippen LogP contribution in [-0.2, 0) is 4.79 Å². The fourth-order valence-corrected chi connectivity index (χ4v) is 2.46. The van der Waals surface area contributed by atoms with Crippen LogP contribution in [0.15, 0.2) is 48.3 Å². The van der Waals surface area contributed by atoms with Crippen LogP contribution >= 0.6 is 0 Å². The Morgan fingerprint density at radius 3 is 2.50 bits per heavy atom. The van der Waals surface area contributed by atoms with Gasteiger partial charge in [-0.25, -0.2) is 4.79 Å². The Labute approximate surface area is 128 Å². The Morgan fingerprint density at radius 2 is 1.86 bits per heavy atom. The molecule has 5 nitrogen and oxygen atoms in total. The van der Waals surface area contributed by atoms with Gasteiger partial charge in [-0.15, -0.1) is 0 Å². The third kappa shape index (κ3) is 2.41. The summed E-state index contributed by atoms with van der Waals surface area (Å²) in [5.74, 6) is -0.288. The smallest absolute Gasteiger partial charge is 0.317 e. The minimum atomic E-state index is -0.368. The molecule has 0 atom stereocenters. The molecular formula is C17H17N3O2. The highest BCUT2D eigenvalue weighted by Crippen LogP contribution is 2.18. The van der Waals surface area contributed by atoms with Crippen LogP contribution < -0.4 is 5.32 Å². The molecule has 2 heterocycles. The molecule has 112 valence electrons. The first kappa shape index (κ1) is 14.1. The first-order chi connectivity index (χ1) is 10.6. The van der Waals surface area contributed by atoms with Crippen molar-refractivity contribution < 1.29 is 9.59 Å². The first-order valence-electron chi connectivity index (χ1n) is 7.19. The quantitative estimate of drug-likeness (QED) is 0.699. The van der Waals surface area contributed by atoms with Crippen LogP contribution in [-0.4, -0.2) is 28.0 Å². The van der Waals surface area contributed by atoms with E-state index in [4.69, 9.17) is 0 Å². The van der Waals surface area contributed by atoms with Crippen molar-refractivity contribution >= 4 is 18.0 Å². The lowest BCUT2D eigenvalue weighted by Gasteiger charge is -2.08. The summed E-state index contributed by atoms with van der Waals surface area (Å²) in [5.41, 5.74) is 3.34. The highest BCUT2D eigenvalue weighted by Gasteiger charge is 2.32. The van der Waals surface area contributed by atoms with Crippen molar-refractivity contribution in [3.63, 3.8) is 0 Å². The predicted octanol–water partition coefficient (Wildman–Crippen LogP) is 2.70. The van der Waals surface area contributed by atoms with Gasteiger partial charge in [0.1, 0.15) is 5.70 Å². The molecule has 1 aromatic carbocycles. The molecule has 3 amide bonds. The minimum Gasteiger partial charge on any atom is -0.317 e. The average molecular weight is 295 g/mol. The molecule has 1 N–H and O–H groups in total. The summed E-state index contributed by atoms with van der Waals surface area (Å²) >= 11 is 0. The molecule has 0 saturated carbocycles. The molecule has 2 aromatic rings. The predicted molar refractivity (Wildman–Crippen MR) is 84.4 cm³/mol. The van der Waals surface area contributed by atoms with E-state index in [2.05, 4.69) is 5.32 Å². The summed E-state index contributed by atoms with van der Waals surface area (Å²) in [6, 6.07) is 11.6. The number of aryl methyl sites for hydroxylation is 1. The van der Waals surface area contributed by atoms with Crippen LogP contribution in [0.2, 0.25) is 0 Å². The van der Waals surface area contributed by atoms with Gasteiger partial charge in [-0.2, -0.15) is 0 Å². The van der Waals surface area contributed by atoms with Crippen molar-refractivity contribution in [2.75, 3.05) is 6.54 Å². The van der Waals surface area contributed by atoms with Crippen LogP contribution in [0.4, 0.5) is 4.79 Å². The van der Waals surface area contributed by atoms with Crippen molar-refractivity contribution in [2.24, 2.45) is 0 Å². The maximum Gasteiger partial charge on any atom is 0.328 e. The van der Waals surface area contributed by atoms with E-state index in [1.165, 1.54) is 10.5 Å². The molecule has 0 bridgehead atoms. The van der Waals surface area contributed by atoms with Crippen LogP contribution in [0, 0.1) is 6.92 Å². The monoisotopic (exact) mass is 295 g/mol. The fourth-order valence-electron chi connectivity index (χ4n) is 2.46. The van der Waals surface area contributed by atoms with E-state index in [-0.39, 0.29) is 11.9 Å². The summed E-state index contributed by atoms with van der Waals surface area (Å²) in [4.78, 5) is 25.0. The fraction of sp³-hybridized carbons (Fsp3) is 0.176. The first-order valence-corrected chi connectivity index (χ1v) is 7.19. The van der Waals surface area contributed by atoms with E-state index in [0.717, 1.165) is 11.4 Å². The number of imide groups is 1. The molecule has 0 radical (unpaired) electrons. The van der Waals surface area contributed by atoms with Gasteiger partial charge in [0.05, 0.1) is 0 Å². The van der Waals surface area contributed by atoms with E-state index in [0.29, 0.717) is 12.2 Å². The highest BCUT2D eigenvalue weighted by atomic mass is 16.2. The van der Waals surface area contributed by atoms with Crippen LogP contribution in [0.3, 0.4) is 0 Å². The Balaban J connectivity index is 1.96. The van der Waals surface area contributed by atoms with Crippen molar-refractivity contribution in [3.8, 4) is 5.69 Å². The molecule has 1 aliphatic rings. The van der Waals surface area contributed by atoms with Crippen molar-refractivity contribution in [1.82, 2.24) is 14.8 Å². The number of aromatic nitrogens is 1. The lowest BCUT2D eigenvalue weighted by Crippen LogP contribution is -2.30. The lowest BCUT2D eigenvalue weighted by atomic mass is 10.2. The van der Waals surface area contributed by atoms with Gasteiger partial charge >= 0.3 is 6.03 Å². The zero-order chi connectivity index (χ0) is 15.7. The molecule has 0 aliphatic carbocycles. The van der Waals surface area contributed by atoms with Gasteiger partial charge in [-0.3, -0.25) is 9.69 Å². The van der Waals surface area contributed by atoms with Crippen molar-refractivity contribution in [2.45, 2.75) is 13.8 Å². The molecule has 22 heavy (non-hydrogen) atoms. The summed E-state index contributed by atoms with van der Waals surface area (Å²) in [5, 5.41) is 2.62. The van der Waals surface area contributed by atoms with Crippen LogP contribution in [0.25, 0.3) is 11.8 Å². The molecule has 0 spiro atoms. The number of carbonyl (C=O) groups is 2. The molecule has 0 unspecified atom stereocenters. The number of benzene rings is 1. The standard InChI is InChI=1S/C17H17N3O2/c1-3-19-16(21)15(18-17(19)22)11-14-5-4-10-20(14)13-8-6-12(2)7-9-13/h4-11H,3H2,1-2H3,(H,18,22)/b15-11+. The van der Waals surface area contributed by atoms with E-state index in [1.54, 1.807) is 13.0 Å². The highest BCUT2D eigenvalue weighted by molar-refractivity contribution is 6.13. The van der Waals surface area contributed by atoms with Crippen LogP contribution in [0.5, 0.6) is 0 Å². The zero-order valence-electron chi connectivity index (χ0n) is 12.5. The third-order valence-electron chi connectivity index (χ3n) is 3.66. The zero-order valence-corrected chi connectivity index (χ0v) is 12.5. The van der Waals surface area contributed by atoms with Gasteiger partial charge in [0, 0.05) is 24.1 Å². The van der Waals surface area contributed by atoms with E-state index >= 15 is 0 Å². The molecule has 1 aromatic heterocycles. The topological polar surface area (TPSA) is 54.3 Å². The number of nitrogens with zero attached hydrogens (tertiary/aromatic N) is 2. The molecule has 1 saturated heterocycles. The van der Waals surface area contributed by atoms with Crippen LogP contribution in [0.1, 0.15) is 18.2 Å². The summed E-state index contributed by atoms with van der Waals surface area (Å²) in [6.07, 6.45) is 3.63. The minimum absolute atomic E-state index is 0.288. The number of carbonyl (C=O) groups excluding carboxylic acids is 2. The summed E-state index contributed by atoms with van der Waals surface area (Å²) < 4.78 is 1.97. The maximum atomic E-state index is 12.1. The number of amides is 3. The third-order valence-corrected chi connectivity index (χ3v) is 3.66. The molecule has 5 heteroatoms. The van der Waals surface area contributed by atoms with E-state index in [1.807, 2.05) is 54.1 Å². The maximum absolute atomic E-state index is 12.1. The number of hydrogen-bond acceptors (Lipinski definition) is 2. The van der Waals surface area contributed by atoms with E-state index < -0.39 is 0 Å². The Morgan fingerprint density at radius 1 is 1.14 bits per heavy atom. The number of hydrogen-bond donors (Lipinski definition) is 1. The number of nitrogens with one attached hydrogen (secondary N) is 1. The molecule has 3 rings (SSSR count). The van der Waals surface area contributed by atoms with Crippen molar-refractivity contribution in [3.05, 3.63) is 59.5 Å². The van der Waals surface area contributed by atoms with Gasteiger partial charge in [-0.05, 0) is 44.2 Å². The molecule has 1 aliphatic heterocycles. The number of likely N-dealkylation sites (N-methyl/N-ethyl adjacent to an activating group) is 1. The largest absolute Gasteiger partial charge is 0.328 e. The number of urea groups is 1. The number of rotatable bonds is 3. The normalized spacial score (nSPS) is 16.5. The Bertz CT molecular complexity index is 756. The summed E-state index contributed by atoms with van der Waals surface area (Å²) in [6.45, 7) is 4.17. The van der Waals surface area contributed by atoms with Gasteiger partial charge in [-0.1, -0.05) is 17.7 Å². The van der Waals surface area contributed by atoms with Gasteiger partial charge in [0.15, 0.2) is 0 Å². The van der Waals surface area contributed by atoms with Gasteiger partial charge < -0.3 is 9.88 Å². The summed E-state index contributed by atoms with van der Waals surface area (Å²) in [7, 11) is 0. The SMILES string of the molecule is CCN1C(=O)N/C(=C/c2cccn2-c2ccc(C)cc2)C1=O. The lowest BCUT2D eigenvalue weighted by molar-refractivity contribution is -0.122. The molecular weight excluding hydrogens is 278 g/mol. The van der Waals surface area contributed by atoms with Gasteiger partial charge in [0.25, 0.3) is 5.91 Å². The average Bonchev–Trinajstić information content (AvgIpc) is 3.06. The Hall–Kier alpha value is -2.82. The second kappa shape index (κ2) is 5.52.